The molecule has 0 aliphatic rings. The second-order valence-electron chi connectivity index (χ2n) is 4.18. The molecule has 0 aliphatic heterocycles. The molecule has 2 rings (SSSR count). The number of amides is 2. The van der Waals surface area contributed by atoms with E-state index in [4.69, 9.17) is 0 Å². The maximum Gasteiger partial charge on any atom is 0.315 e. The number of nitrogens with zero attached hydrogens (tertiary/aromatic N) is 3. The summed E-state index contributed by atoms with van der Waals surface area (Å²) >= 11 is 0. The number of aryl methyl sites for hydroxylation is 1. The molecule has 0 fully saturated rings. The van der Waals surface area contributed by atoms with Gasteiger partial charge in [0.05, 0.1) is 0 Å². The van der Waals surface area contributed by atoms with Crippen molar-refractivity contribution in [1.29, 1.82) is 0 Å². The number of rotatable bonds is 5. The standard InChI is InChI=1S/C13H17N5O/c1-18-10-16-12(17-18)7-8-14-13(19)15-9-11-5-3-2-4-6-11/h2-6,10H,7-9H2,1H3,(H2,14,15,19). The predicted molar refractivity (Wildman–Crippen MR) is 71.4 cm³/mol. The van der Waals surface area contributed by atoms with Crippen LogP contribution in [0, 0.1) is 0 Å². The van der Waals surface area contributed by atoms with Gasteiger partial charge in [0.15, 0.2) is 5.82 Å². The van der Waals surface area contributed by atoms with Gasteiger partial charge < -0.3 is 10.6 Å². The van der Waals surface area contributed by atoms with E-state index in [9.17, 15) is 4.79 Å². The van der Waals surface area contributed by atoms with Gasteiger partial charge in [0, 0.05) is 26.6 Å². The molecule has 1 aromatic carbocycles. The van der Waals surface area contributed by atoms with Crippen LogP contribution in [-0.2, 0) is 20.0 Å². The van der Waals surface area contributed by atoms with Gasteiger partial charge in [0.2, 0.25) is 0 Å². The van der Waals surface area contributed by atoms with Crippen LogP contribution >= 0.6 is 0 Å². The summed E-state index contributed by atoms with van der Waals surface area (Å²) in [5, 5.41) is 9.70. The maximum absolute atomic E-state index is 11.5. The first-order chi connectivity index (χ1) is 9.24. The largest absolute Gasteiger partial charge is 0.338 e. The fourth-order valence-electron chi connectivity index (χ4n) is 1.63. The molecule has 100 valence electrons. The second kappa shape index (κ2) is 6.53. The third kappa shape index (κ3) is 4.42. The molecule has 19 heavy (non-hydrogen) atoms. The Morgan fingerprint density at radius 2 is 2.05 bits per heavy atom. The molecule has 6 nitrogen and oxygen atoms in total. The molecule has 2 amide bonds. The van der Waals surface area contributed by atoms with Gasteiger partial charge in [-0.2, -0.15) is 5.10 Å². The zero-order valence-electron chi connectivity index (χ0n) is 10.8. The van der Waals surface area contributed by atoms with Crippen LogP contribution in [0.15, 0.2) is 36.7 Å². The normalized spacial score (nSPS) is 10.2. The topological polar surface area (TPSA) is 71.8 Å². The summed E-state index contributed by atoms with van der Waals surface area (Å²) in [6.07, 6.45) is 2.27. The van der Waals surface area contributed by atoms with E-state index in [1.165, 1.54) is 0 Å². The van der Waals surface area contributed by atoms with E-state index >= 15 is 0 Å². The summed E-state index contributed by atoms with van der Waals surface area (Å²) in [6, 6.07) is 9.60. The lowest BCUT2D eigenvalue weighted by molar-refractivity contribution is 0.240. The highest BCUT2D eigenvalue weighted by Gasteiger charge is 2.02. The summed E-state index contributed by atoms with van der Waals surface area (Å²) in [5.41, 5.74) is 1.07. The average Bonchev–Trinajstić information content (AvgIpc) is 2.83. The van der Waals surface area contributed by atoms with Crippen molar-refractivity contribution in [2.24, 2.45) is 7.05 Å². The molecule has 1 heterocycles. The third-order valence-corrected chi connectivity index (χ3v) is 2.58. The number of aromatic nitrogens is 3. The number of hydrogen-bond donors (Lipinski definition) is 2. The number of urea groups is 1. The fourth-order valence-corrected chi connectivity index (χ4v) is 1.63. The van der Waals surface area contributed by atoms with E-state index in [0.717, 1.165) is 11.4 Å². The van der Waals surface area contributed by atoms with Crippen LogP contribution in [-0.4, -0.2) is 27.3 Å². The van der Waals surface area contributed by atoms with E-state index in [2.05, 4.69) is 20.7 Å². The monoisotopic (exact) mass is 259 g/mol. The molecule has 2 N–H and O–H groups in total. The van der Waals surface area contributed by atoms with E-state index in [-0.39, 0.29) is 6.03 Å². The van der Waals surface area contributed by atoms with Gasteiger partial charge in [-0.1, -0.05) is 30.3 Å². The molecule has 1 aromatic heterocycles. The van der Waals surface area contributed by atoms with E-state index < -0.39 is 0 Å². The first-order valence-corrected chi connectivity index (χ1v) is 6.14. The molecule has 0 radical (unpaired) electrons. The van der Waals surface area contributed by atoms with Crippen LogP contribution in [0.2, 0.25) is 0 Å². The minimum atomic E-state index is -0.181. The number of carbonyl (C=O) groups excluding carboxylic acids is 1. The Morgan fingerprint density at radius 1 is 1.26 bits per heavy atom. The number of nitrogens with one attached hydrogen (secondary N) is 2. The van der Waals surface area contributed by atoms with E-state index in [0.29, 0.717) is 19.5 Å². The highest BCUT2D eigenvalue weighted by atomic mass is 16.2. The van der Waals surface area contributed by atoms with Gasteiger partial charge in [0.25, 0.3) is 0 Å². The van der Waals surface area contributed by atoms with Crippen molar-refractivity contribution in [2.45, 2.75) is 13.0 Å². The third-order valence-electron chi connectivity index (χ3n) is 2.58. The minimum Gasteiger partial charge on any atom is -0.338 e. The molecule has 0 aliphatic carbocycles. The van der Waals surface area contributed by atoms with Crippen molar-refractivity contribution in [3.8, 4) is 0 Å². The van der Waals surface area contributed by atoms with Crippen molar-refractivity contribution >= 4 is 6.03 Å². The summed E-state index contributed by atoms with van der Waals surface area (Å²) in [5.74, 6) is 0.728. The lowest BCUT2D eigenvalue weighted by atomic mass is 10.2. The molecule has 0 atom stereocenters. The van der Waals surface area contributed by atoms with Crippen LogP contribution in [0.25, 0.3) is 0 Å². The zero-order valence-corrected chi connectivity index (χ0v) is 10.8. The summed E-state index contributed by atoms with van der Waals surface area (Å²) in [7, 11) is 1.82. The Balaban J connectivity index is 1.65. The van der Waals surface area contributed by atoms with Crippen molar-refractivity contribution in [1.82, 2.24) is 25.4 Å². The van der Waals surface area contributed by atoms with Gasteiger partial charge in [-0.05, 0) is 5.56 Å². The Hall–Kier alpha value is -2.37. The molecule has 6 heteroatoms. The molecule has 0 bridgehead atoms. The molecule has 0 saturated heterocycles. The molecule has 0 saturated carbocycles. The summed E-state index contributed by atoms with van der Waals surface area (Å²) in [6.45, 7) is 1.04. The van der Waals surface area contributed by atoms with Crippen LogP contribution in [0.5, 0.6) is 0 Å². The van der Waals surface area contributed by atoms with Crippen molar-refractivity contribution < 1.29 is 4.79 Å². The van der Waals surface area contributed by atoms with Crippen LogP contribution in [0.1, 0.15) is 11.4 Å². The molecule has 2 aromatic rings. The predicted octanol–water partition coefficient (Wildman–Crippen LogP) is 0.857. The van der Waals surface area contributed by atoms with Crippen LogP contribution < -0.4 is 10.6 Å². The van der Waals surface area contributed by atoms with Crippen molar-refractivity contribution in [3.63, 3.8) is 0 Å². The number of benzene rings is 1. The SMILES string of the molecule is Cn1cnc(CCNC(=O)NCc2ccccc2)n1. The van der Waals surface area contributed by atoms with Gasteiger partial charge in [-0.25, -0.2) is 9.78 Å². The average molecular weight is 259 g/mol. The van der Waals surface area contributed by atoms with Crippen molar-refractivity contribution in [2.75, 3.05) is 6.54 Å². The molecular formula is C13H17N5O. The fraction of sp³-hybridized carbons (Fsp3) is 0.308. The smallest absolute Gasteiger partial charge is 0.315 e. The Bertz CT molecular complexity index is 523. The highest BCUT2D eigenvalue weighted by molar-refractivity contribution is 5.73. The Kier molecular flexibility index (Phi) is 4.49. The maximum atomic E-state index is 11.5. The van der Waals surface area contributed by atoms with Gasteiger partial charge in [0.1, 0.15) is 6.33 Å². The summed E-state index contributed by atoms with van der Waals surface area (Å²) in [4.78, 5) is 15.6. The van der Waals surface area contributed by atoms with Gasteiger partial charge in [-0.3, -0.25) is 4.68 Å². The van der Waals surface area contributed by atoms with Gasteiger partial charge in [-0.15, -0.1) is 0 Å². The quantitative estimate of drug-likeness (QED) is 0.836. The Morgan fingerprint density at radius 3 is 2.74 bits per heavy atom. The lowest BCUT2D eigenvalue weighted by Crippen LogP contribution is -2.36. The van der Waals surface area contributed by atoms with E-state index in [1.54, 1.807) is 11.0 Å². The minimum absolute atomic E-state index is 0.181. The number of carbonyl (C=O) groups is 1. The molecule has 0 unspecified atom stereocenters. The highest BCUT2D eigenvalue weighted by Crippen LogP contribution is 1.96. The zero-order chi connectivity index (χ0) is 13.5. The second-order valence-corrected chi connectivity index (χ2v) is 4.18. The van der Waals surface area contributed by atoms with Crippen molar-refractivity contribution in [3.05, 3.63) is 48.0 Å². The summed E-state index contributed by atoms with van der Waals surface area (Å²) < 4.78 is 1.64. The van der Waals surface area contributed by atoms with E-state index in [1.807, 2.05) is 37.4 Å². The number of hydrogen-bond acceptors (Lipinski definition) is 3. The first kappa shape index (κ1) is 13.1. The first-order valence-electron chi connectivity index (χ1n) is 6.14. The van der Waals surface area contributed by atoms with Crippen LogP contribution in [0.4, 0.5) is 4.79 Å². The van der Waals surface area contributed by atoms with Gasteiger partial charge >= 0.3 is 6.03 Å². The molecular weight excluding hydrogens is 242 g/mol. The van der Waals surface area contributed by atoms with Crippen LogP contribution in [0.3, 0.4) is 0 Å². The Labute approximate surface area is 111 Å². The molecule has 0 spiro atoms. The lowest BCUT2D eigenvalue weighted by Gasteiger charge is -2.06.